The van der Waals surface area contributed by atoms with Crippen molar-refractivity contribution in [3.8, 4) is 0 Å². The largest absolute Gasteiger partial charge is 0.506 e. The highest BCUT2D eigenvalue weighted by Crippen LogP contribution is 2.11. The Kier molecular flexibility index (Phi) is 3.52. The van der Waals surface area contributed by atoms with E-state index >= 15 is 0 Å². The molecular weight excluding hydrogens is 222 g/mol. The van der Waals surface area contributed by atoms with Crippen LogP contribution in [0.4, 0.5) is 0 Å². The van der Waals surface area contributed by atoms with E-state index in [1.807, 2.05) is 30.3 Å². The van der Waals surface area contributed by atoms with E-state index in [0.717, 1.165) is 24.5 Å². The number of aliphatic hydroxyl groups excluding tert-OH is 1. The molecule has 0 unspecified atom stereocenters. The lowest BCUT2D eigenvalue weighted by Crippen LogP contribution is -2.22. The molecular formula is C13H14ClNO. The number of hydrogen-bond donors (Lipinski definition) is 1. The first-order chi connectivity index (χ1) is 7.74. The average Bonchev–Trinajstić information content (AvgIpc) is 2.28. The van der Waals surface area contributed by atoms with Crippen molar-refractivity contribution in [2.24, 2.45) is 0 Å². The zero-order valence-corrected chi connectivity index (χ0v) is 9.69. The zero-order valence-electron chi connectivity index (χ0n) is 8.94. The van der Waals surface area contributed by atoms with Crippen LogP contribution in [0.2, 0.25) is 5.02 Å². The summed E-state index contributed by atoms with van der Waals surface area (Å²) in [5.41, 5.74) is 1.26. The van der Waals surface area contributed by atoms with Gasteiger partial charge in [0.25, 0.3) is 0 Å². The molecule has 84 valence electrons. The van der Waals surface area contributed by atoms with Crippen LogP contribution in [0.5, 0.6) is 0 Å². The summed E-state index contributed by atoms with van der Waals surface area (Å²) in [6.45, 7) is 1.76. The predicted molar refractivity (Wildman–Crippen MR) is 66.6 cm³/mol. The summed E-state index contributed by atoms with van der Waals surface area (Å²) in [6, 6.07) is 7.87. The smallest absolute Gasteiger partial charge is 0.131 e. The van der Waals surface area contributed by atoms with Gasteiger partial charge in [0.1, 0.15) is 5.76 Å². The molecule has 0 atom stereocenters. The van der Waals surface area contributed by atoms with Crippen LogP contribution in [0.25, 0.3) is 0 Å². The number of hydrogen-bond acceptors (Lipinski definition) is 2. The van der Waals surface area contributed by atoms with Gasteiger partial charge in [0.15, 0.2) is 0 Å². The Morgan fingerprint density at radius 1 is 1.25 bits per heavy atom. The van der Waals surface area contributed by atoms with Gasteiger partial charge in [0.05, 0.1) is 0 Å². The average molecular weight is 236 g/mol. The Morgan fingerprint density at radius 2 is 2.00 bits per heavy atom. The Morgan fingerprint density at radius 3 is 2.69 bits per heavy atom. The monoisotopic (exact) mass is 235 g/mol. The minimum Gasteiger partial charge on any atom is -0.506 e. The van der Waals surface area contributed by atoms with Gasteiger partial charge in [-0.3, -0.25) is 0 Å². The lowest BCUT2D eigenvalue weighted by molar-refractivity contribution is 0.358. The maximum absolute atomic E-state index is 9.33. The number of allylic oxidation sites excluding steroid dienone is 1. The van der Waals surface area contributed by atoms with Gasteiger partial charge in [-0.2, -0.15) is 0 Å². The molecule has 0 radical (unpaired) electrons. The maximum atomic E-state index is 9.33. The molecule has 0 aliphatic carbocycles. The first-order valence-corrected chi connectivity index (χ1v) is 5.68. The van der Waals surface area contributed by atoms with Gasteiger partial charge >= 0.3 is 0 Å². The normalized spacial score (nSPS) is 15.1. The van der Waals surface area contributed by atoms with E-state index in [2.05, 4.69) is 4.90 Å². The second-order valence-electron chi connectivity index (χ2n) is 3.83. The van der Waals surface area contributed by atoms with E-state index in [1.165, 1.54) is 5.56 Å². The Labute approximate surface area is 100 Å². The molecule has 0 fully saturated rings. The fourth-order valence-corrected chi connectivity index (χ4v) is 1.80. The maximum Gasteiger partial charge on any atom is 0.131 e. The third-order valence-electron chi connectivity index (χ3n) is 2.54. The van der Waals surface area contributed by atoms with Crippen LogP contribution in [0.3, 0.4) is 0 Å². The number of benzene rings is 1. The van der Waals surface area contributed by atoms with Crippen molar-refractivity contribution in [3.63, 3.8) is 0 Å². The van der Waals surface area contributed by atoms with Gasteiger partial charge in [-0.15, -0.1) is 0 Å². The van der Waals surface area contributed by atoms with Crippen molar-refractivity contribution >= 4 is 11.6 Å². The van der Waals surface area contributed by atoms with Crippen LogP contribution < -0.4 is 0 Å². The fraction of sp³-hybridized carbons (Fsp3) is 0.231. The first kappa shape index (κ1) is 11.1. The molecule has 0 aromatic heterocycles. The Hall–Kier alpha value is -1.41. The van der Waals surface area contributed by atoms with E-state index < -0.39 is 0 Å². The first-order valence-electron chi connectivity index (χ1n) is 5.30. The summed E-state index contributed by atoms with van der Waals surface area (Å²) in [5, 5.41) is 10.1. The van der Waals surface area contributed by atoms with Crippen LogP contribution >= 0.6 is 11.6 Å². The fourth-order valence-electron chi connectivity index (χ4n) is 1.67. The summed E-state index contributed by atoms with van der Waals surface area (Å²) in [4.78, 5) is 2.09. The molecule has 3 heteroatoms. The summed E-state index contributed by atoms with van der Waals surface area (Å²) < 4.78 is 0. The van der Waals surface area contributed by atoms with Gasteiger partial charge in [-0.25, -0.2) is 0 Å². The molecule has 1 N–H and O–H groups in total. The molecule has 0 bridgehead atoms. The lowest BCUT2D eigenvalue weighted by atomic mass is 10.1. The molecule has 1 aliphatic rings. The number of aliphatic hydroxyl groups is 1. The van der Waals surface area contributed by atoms with Crippen molar-refractivity contribution in [2.75, 3.05) is 13.1 Å². The van der Waals surface area contributed by atoms with E-state index in [9.17, 15) is 5.11 Å². The second-order valence-corrected chi connectivity index (χ2v) is 4.26. The summed E-state index contributed by atoms with van der Waals surface area (Å²) in [5.74, 6) is 0.322. The molecule has 0 amide bonds. The Bertz CT molecular complexity index is 408. The lowest BCUT2D eigenvalue weighted by Gasteiger charge is -2.21. The van der Waals surface area contributed by atoms with Crippen molar-refractivity contribution in [1.82, 2.24) is 4.90 Å². The molecule has 1 aromatic carbocycles. The molecule has 0 spiro atoms. The highest BCUT2D eigenvalue weighted by Gasteiger charge is 2.04. The highest BCUT2D eigenvalue weighted by atomic mass is 35.5. The van der Waals surface area contributed by atoms with E-state index in [-0.39, 0.29) is 0 Å². The molecule has 1 heterocycles. The molecule has 2 nitrogen and oxygen atoms in total. The number of nitrogens with zero attached hydrogens (tertiary/aromatic N) is 1. The minimum atomic E-state index is 0.322. The van der Waals surface area contributed by atoms with Crippen molar-refractivity contribution in [3.05, 3.63) is 59.0 Å². The van der Waals surface area contributed by atoms with Crippen molar-refractivity contribution in [2.45, 2.75) is 6.42 Å². The minimum absolute atomic E-state index is 0.322. The van der Waals surface area contributed by atoms with Gasteiger partial charge in [0.2, 0.25) is 0 Å². The zero-order chi connectivity index (χ0) is 11.4. The topological polar surface area (TPSA) is 23.5 Å². The highest BCUT2D eigenvalue weighted by molar-refractivity contribution is 6.30. The van der Waals surface area contributed by atoms with E-state index in [4.69, 9.17) is 11.6 Å². The molecule has 16 heavy (non-hydrogen) atoms. The number of rotatable bonds is 3. The van der Waals surface area contributed by atoms with E-state index in [1.54, 1.807) is 12.3 Å². The SMILES string of the molecule is OC1=CN(CCc2ccc(Cl)cc2)CC=C1. The van der Waals surface area contributed by atoms with Crippen molar-refractivity contribution in [1.29, 1.82) is 0 Å². The van der Waals surface area contributed by atoms with Crippen LogP contribution in [-0.4, -0.2) is 23.1 Å². The molecule has 1 aromatic rings. The molecule has 0 saturated heterocycles. The van der Waals surface area contributed by atoms with Gasteiger partial charge in [-0.05, 0) is 30.2 Å². The molecule has 2 rings (SSSR count). The summed E-state index contributed by atoms with van der Waals surface area (Å²) in [6.07, 6.45) is 6.40. The van der Waals surface area contributed by atoms with Crippen LogP contribution in [0.1, 0.15) is 5.56 Å². The summed E-state index contributed by atoms with van der Waals surface area (Å²) >= 11 is 5.82. The molecule has 0 saturated carbocycles. The Balaban J connectivity index is 1.88. The van der Waals surface area contributed by atoms with Crippen molar-refractivity contribution < 1.29 is 5.11 Å². The predicted octanol–water partition coefficient (Wildman–Crippen LogP) is 3.15. The van der Waals surface area contributed by atoms with Gasteiger partial charge in [-0.1, -0.05) is 29.8 Å². The van der Waals surface area contributed by atoms with Crippen LogP contribution in [-0.2, 0) is 6.42 Å². The van der Waals surface area contributed by atoms with Gasteiger partial charge in [0, 0.05) is 24.3 Å². The van der Waals surface area contributed by atoms with Crippen LogP contribution in [0.15, 0.2) is 48.4 Å². The third kappa shape index (κ3) is 3.04. The van der Waals surface area contributed by atoms with E-state index in [0.29, 0.717) is 5.76 Å². The quantitative estimate of drug-likeness (QED) is 0.870. The third-order valence-corrected chi connectivity index (χ3v) is 2.80. The molecule has 1 aliphatic heterocycles. The summed E-state index contributed by atoms with van der Waals surface area (Å²) in [7, 11) is 0. The van der Waals surface area contributed by atoms with Crippen LogP contribution in [0, 0.1) is 0 Å². The standard InChI is InChI=1S/C13H14ClNO/c14-12-5-3-11(4-6-12)7-9-15-8-1-2-13(16)10-15/h1-6,10,16H,7-9H2. The van der Waals surface area contributed by atoms with Gasteiger partial charge < -0.3 is 10.0 Å². The second kappa shape index (κ2) is 5.08. The number of halogens is 1.